The highest BCUT2D eigenvalue weighted by Gasteiger charge is 2.24. The highest BCUT2D eigenvalue weighted by molar-refractivity contribution is 5.95. The molecule has 5 rings (SSSR count). The van der Waals surface area contributed by atoms with Crippen molar-refractivity contribution in [1.29, 1.82) is 0 Å². The fourth-order valence-electron chi connectivity index (χ4n) is 4.87. The van der Waals surface area contributed by atoms with Crippen LogP contribution < -0.4 is 4.74 Å². The summed E-state index contributed by atoms with van der Waals surface area (Å²) in [6.07, 6.45) is 8.49. The second kappa shape index (κ2) is 8.58. The predicted molar refractivity (Wildman–Crippen MR) is 125 cm³/mol. The summed E-state index contributed by atoms with van der Waals surface area (Å²) in [7, 11) is 0. The van der Waals surface area contributed by atoms with Crippen LogP contribution in [0, 0.1) is 0 Å². The van der Waals surface area contributed by atoms with E-state index in [0.717, 1.165) is 53.7 Å². The molecule has 2 aliphatic rings. The van der Waals surface area contributed by atoms with Crippen LogP contribution in [0.25, 0.3) is 27.5 Å². The lowest BCUT2D eigenvalue weighted by Gasteiger charge is -2.19. The summed E-state index contributed by atoms with van der Waals surface area (Å²) in [6, 6.07) is 19.5. The molecule has 0 radical (unpaired) electrons. The van der Waals surface area contributed by atoms with Crippen molar-refractivity contribution in [3.05, 3.63) is 71.8 Å². The Morgan fingerprint density at radius 2 is 1.77 bits per heavy atom. The molecule has 0 atom stereocenters. The van der Waals surface area contributed by atoms with Gasteiger partial charge in [-0.15, -0.1) is 0 Å². The Morgan fingerprint density at radius 3 is 2.58 bits per heavy atom. The highest BCUT2D eigenvalue weighted by atomic mass is 16.5. The number of hydrogen-bond donors (Lipinski definition) is 0. The van der Waals surface area contributed by atoms with Crippen molar-refractivity contribution in [2.75, 3.05) is 6.61 Å². The molecule has 0 spiro atoms. The number of hydrogen-bond acceptors (Lipinski definition) is 3. The van der Waals surface area contributed by atoms with Crippen LogP contribution >= 0.6 is 0 Å². The minimum Gasteiger partial charge on any atom is -0.490 e. The van der Waals surface area contributed by atoms with E-state index in [1.807, 2.05) is 6.92 Å². The topological polar surface area (TPSA) is 35.5 Å². The lowest BCUT2D eigenvalue weighted by molar-refractivity contribution is -0.137. The molecule has 1 saturated carbocycles. The molecule has 0 aromatic heterocycles. The minimum absolute atomic E-state index is 0.260. The molecule has 0 amide bonds. The van der Waals surface area contributed by atoms with Gasteiger partial charge in [0.25, 0.3) is 0 Å². The van der Waals surface area contributed by atoms with Gasteiger partial charge in [-0.2, -0.15) is 0 Å². The van der Waals surface area contributed by atoms with Gasteiger partial charge in [0.05, 0.1) is 12.7 Å². The maximum Gasteiger partial charge on any atom is 0.331 e. The summed E-state index contributed by atoms with van der Waals surface area (Å²) < 4.78 is 11.7. The number of carbonyl (C=O) groups excluding carboxylic acids is 1. The summed E-state index contributed by atoms with van der Waals surface area (Å²) in [5, 5.41) is 2.45. The lowest BCUT2D eigenvalue weighted by Crippen LogP contribution is -2.12. The zero-order chi connectivity index (χ0) is 21.2. The summed E-state index contributed by atoms with van der Waals surface area (Å²) in [6.45, 7) is 2.23. The summed E-state index contributed by atoms with van der Waals surface area (Å²) in [4.78, 5) is 12.1. The molecular weight excluding hydrogens is 384 g/mol. The Balaban J connectivity index is 1.60. The van der Waals surface area contributed by atoms with Crippen LogP contribution in [-0.2, 0) is 16.0 Å². The summed E-state index contributed by atoms with van der Waals surface area (Å²) in [5.41, 5.74) is 5.72. The molecule has 0 saturated heterocycles. The van der Waals surface area contributed by atoms with Crippen molar-refractivity contribution in [3.8, 4) is 16.9 Å². The molecule has 3 aromatic carbocycles. The first-order valence-corrected chi connectivity index (χ1v) is 11.4. The number of allylic oxidation sites excluding steroid dienone is 1. The molecule has 0 aliphatic heterocycles. The van der Waals surface area contributed by atoms with Crippen LogP contribution in [0.15, 0.2) is 60.7 Å². The van der Waals surface area contributed by atoms with Crippen molar-refractivity contribution in [2.45, 2.75) is 51.6 Å². The molecule has 3 nitrogen and oxygen atoms in total. The molecule has 0 bridgehead atoms. The number of benzene rings is 3. The van der Waals surface area contributed by atoms with Gasteiger partial charge in [-0.3, -0.25) is 0 Å². The predicted octanol–water partition coefficient (Wildman–Crippen LogP) is 6.72. The Morgan fingerprint density at radius 1 is 0.968 bits per heavy atom. The van der Waals surface area contributed by atoms with E-state index in [0.29, 0.717) is 12.7 Å². The van der Waals surface area contributed by atoms with Gasteiger partial charge in [0, 0.05) is 11.6 Å². The molecule has 0 heterocycles. The maximum atomic E-state index is 12.1. The number of aryl methyl sites for hydroxylation is 1. The van der Waals surface area contributed by atoms with E-state index in [1.54, 1.807) is 6.08 Å². The molecule has 2 aliphatic carbocycles. The second-order valence-corrected chi connectivity index (χ2v) is 8.51. The van der Waals surface area contributed by atoms with Crippen LogP contribution in [0.4, 0.5) is 0 Å². The third-order valence-electron chi connectivity index (χ3n) is 6.45. The Labute approximate surface area is 183 Å². The summed E-state index contributed by atoms with van der Waals surface area (Å²) in [5.74, 6) is 0.710. The minimum atomic E-state index is -0.260. The fraction of sp³-hybridized carbons (Fsp3) is 0.321. The van der Waals surface area contributed by atoms with Crippen LogP contribution in [0.1, 0.15) is 50.2 Å². The Kier molecular flexibility index (Phi) is 5.50. The van der Waals surface area contributed by atoms with E-state index in [9.17, 15) is 4.79 Å². The standard InChI is InChI=1S/C28H28O3/c1-2-30-28(29)17-23-14-13-22-16-27(31-24-9-5-6-10-24)26(18-25(22)23)21-12-11-19-7-3-4-8-20(19)15-21/h3-4,7-8,11-12,15-18,24H,2,5-6,9-10,13-14H2,1H3. The second-order valence-electron chi connectivity index (χ2n) is 8.51. The third kappa shape index (κ3) is 4.10. The third-order valence-corrected chi connectivity index (χ3v) is 6.45. The molecule has 0 unspecified atom stereocenters. The molecule has 158 valence electrons. The van der Waals surface area contributed by atoms with Gasteiger partial charge < -0.3 is 9.47 Å². The number of carbonyl (C=O) groups is 1. The molecule has 0 N–H and O–H groups in total. The molecule has 1 fully saturated rings. The van der Waals surface area contributed by atoms with Gasteiger partial charge >= 0.3 is 5.97 Å². The van der Waals surface area contributed by atoms with E-state index < -0.39 is 0 Å². The molecule has 3 aromatic rings. The first-order valence-electron chi connectivity index (χ1n) is 11.4. The van der Waals surface area contributed by atoms with E-state index in [4.69, 9.17) is 9.47 Å². The van der Waals surface area contributed by atoms with E-state index >= 15 is 0 Å². The van der Waals surface area contributed by atoms with Crippen LogP contribution in [-0.4, -0.2) is 18.7 Å². The van der Waals surface area contributed by atoms with Gasteiger partial charge in [-0.25, -0.2) is 4.79 Å². The van der Waals surface area contributed by atoms with Crippen molar-refractivity contribution in [3.63, 3.8) is 0 Å². The molecule has 3 heteroatoms. The van der Waals surface area contributed by atoms with Gasteiger partial charge in [-0.05, 0) is 96.7 Å². The molecular formula is C28H28O3. The average molecular weight is 413 g/mol. The maximum absolute atomic E-state index is 12.1. The van der Waals surface area contributed by atoms with Crippen LogP contribution in [0.5, 0.6) is 5.75 Å². The zero-order valence-corrected chi connectivity index (χ0v) is 18.0. The van der Waals surface area contributed by atoms with Crippen LogP contribution in [0.2, 0.25) is 0 Å². The number of rotatable bonds is 5. The van der Waals surface area contributed by atoms with Gasteiger partial charge in [0.1, 0.15) is 5.75 Å². The quantitative estimate of drug-likeness (QED) is 0.345. The Bertz CT molecular complexity index is 1150. The monoisotopic (exact) mass is 412 g/mol. The van der Waals surface area contributed by atoms with Gasteiger partial charge in [0.2, 0.25) is 0 Å². The highest BCUT2D eigenvalue weighted by Crippen LogP contribution is 2.42. The van der Waals surface area contributed by atoms with E-state index in [1.165, 1.54) is 29.2 Å². The van der Waals surface area contributed by atoms with Crippen molar-refractivity contribution in [1.82, 2.24) is 0 Å². The Hall–Kier alpha value is -3.07. The number of esters is 1. The number of fused-ring (bicyclic) bond motifs is 2. The van der Waals surface area contributed by atoms with E-state index in [2.05, 4.69) is 54.6 Å². The van der Waals surface area contributed by atoms with E-state index in [-0.39, 0.29) is 5.97 Å². The molecule has 31 heavy (non-hydrogen) atoms. The normalized spacial score (nSPS) is 17.3. The SMILES string of the molecule is CCOC(=O)C=C1CCc2cc(OC3CCCC3)c(-c3ccc4ccccc4c3)cc21. The summed E-state index contributed by atoms with van der Waals surface area (Å²) >= 11 is 0. The largest absolute Gasteiger partial charge is 0.490 e. The van der Waals surface area contributed by atoms with Gasteiger partial charge in [0.15, 0.2) is 0 Å². The fourth-order valence-corrected chi connectivity index (χ4v) is 4.87. The van der Waals surface area contributed by atoms with Crippen molar-refractivity contribution in [2.24, 2.45) is 0 Å². The number of ether oxygens (including phenoxy) is 2. The lowest BCUT2D eigenvalue weighted by atomic mass is 9.96. The first kappa shape index (κ1) is 19.9. The van der Waals surface area contributed by atoms with Crippen LogP contribution in [0.3, 0.4) is 0 Å². The zero-order valence-electron chi connectivity index (χ0n) is 18.0. The van der Waals surface area contributed by atoms with Gasteiger partial charge in [-0.1, -0.05) is 36.4 Å². The average Bonchev–Trinajstić information content (AvgIpc) is 3.43. The van der Waals surface area contributed by atoms with Crippen molar-refractivity contribution >= 4 is 22.3 Å². The smallest absolute Gasteiger partial charge is 0.331 e. The van der Waals surface area contributed by atoms with Crippen molar-refractivity contribution < 1.29 is 14.3 Å². The first-order chi connectivity index (χ1) is 15.2.